The standard InChI is InChI=1S/C13H9F3N4O3/c1-19-11(13(14,15)16)18-20(12(19)23)6-8-4-7(5-17)2-3-9(8)10(21)22/h2-4H,6H2,1H3,(H,21,22). The fourth-order valence-electron chi connectivity index (χ4n) is 2.00. The molecule has 0 spiro atoms. The Morgan fingerprint density at radius 2 is 2.09 bits per heavy atom. The molecule has 1 aromatic carbocycles. The zero-order valence-electron chi connectivity index (χ0n) is 11.6. The number of hydrogen-bond acceptors (Lipinski definition) is 4. The van der Waals surface area contributed by atoms with Gasteiger partial charge in [0.1, 0.15) is 0 Å². The minimum Gasteiger partial charge on any atom is -0.478 e. The van der Waals surface area contributed by atoms with Gasteiger partial charge in [0.05, 0.1) is 23.7 Å². The van der Waals surface area contributed by atoms with Crippen LogP contribution in [-0.2, 0) is 19.8 Å². The van der Waals surface area contributed by atoms with Crippen LogP contribution in [0.5, 0.6) is 0 Å². The van der Waals surface area contributed by atoms with E-state index in [0.29, 0.717) is 9.25 Å². The second-order valence-corrected chi connectivity index (χ2v) is 4.61. The molecule has 1 heterocycles. The van der Waals surface area contributed by atoms with Crippen LogP contribution >= 0.6 is 0 Å². The predicted molar refractivity (Wildman–Crippen MR) is 69.7 cm³/mol. The number of nitrogens with zero attached hydrogens (tertiary/aromatic N) is 4. The maximum absolute atomic E-state index is 12.7. The SMILES string of the molecule is Cn1c(C(F)(F)F)nn(Cc2cc(C#N)ccc2C(=O)O)c1=O. The highest BCUT2D eigenvalue weighted by Crippen LogP contribution is 2.26. The number of aromatic carboxylic acids is 1. The molecule has 0 radical (unpaired) electrons. The smallest absolute Gasteiger partial charge is 0.451 e. The van der Waals surface area contributed by atoms with E-state index in [1.54, 1.807) is 6.07 Å². The highest BCUT2D eigenvalue weighted by molar-refractivity contribution is 5.89. The van der Waals surface area contributed by atoms with Crippen molar-refractivity contribution >= 4 is 5.97 Å². The van der Waals surface area contributed by atoms with Crippen LogP contribution in [0.15, 0.2) is 23.0 Å². The Morgan fingerprint density at radius 1 is 1.43 bits per heavy atom. The van der Waals surface area contributed by atoms with Gasteiger partial charge in [-0.2, -0.15) is 18.4 Å². The van der Waals surface area contributed by atoms with Crippen molar-refractivity contribution in [2.24, 2.45) is 7.05 Å². The third kappa shape index (κ3) is 3.08. The van der Waals surface area contributed by atoms with Crippen LogP contribution in [0.2, 0.25) is 0 Å². The molecule has 1 N–H and O–H groups in total. The maximum atomic E-state index is 12.7. The number of halogens is 3. The Hall–Kier alpha value is -3.09. The first-order chi connectivity index (χ1) is 10.6. The fourth-order valence-corrected chi connectivity index (χ4v) is 2.00. The molecule has 0 bridgehead atoms. The first kappa shape index (κ1) is 16.3. The molecule has 10 heteroatoms. The van der Waals surface area contributed by atoms with Gasteiger partial charge < -0.3 is 5.11 Å². The normalized spacial score (nSPS) is 11.3. The lowest BCUT2D eigenvalue weighted by molar-refractivity contribution is -0.147. The Bertz CT molecular complexity index is 874. The van der Waals surface area contributed by atoms with Gasteiger partial charge in [-0.1, -0.05) is 0 Å². The molecule has 2 aromatic rings. The molecule has 2 rings (SSSR count). The molecule has 0 unspecified atom stereocenters. The fraction of sp³-hybridized carbons (Fsp3) is 0.231. The summed E-state index contributed by atoms with van der Waals surface area (Å²) in [5, 5.41) is 21.1. The van der Waals surface area contributed by atoms with Crippen molar-refractivity contribution in [3.05, 3.63) is 51.2 Å². The maximum Gasteiger partial charge on any atom is 0.451 e. The van der Waals surface area contributed by atoms with E-state index in [4.69, 9.17) is 10.4 Å². The summed E-state index contributed by atoms with van der Waals surface area (Å²) < 4.78 is 39.0. The summed E-state index contributed by atoms with van der Waals surface area (Å²) in [6, 6.07) is 5.39. The first-order valence-electron chi connectivity index (χ1n) is 6.12. The van der Waals surface area contributed by atoms with Crippen molar-refractivity contribution in [3.63, 3.8) is 0 Å². The first-order valence-corrected chi connectivity index (χ1v) is 6.12. The molecule has 0 fully saturated rings. The Kier molecular flexibility index (Phi) is 3.97. The highest BCUT2D eigenvalue weighted by Gasteiger charge is 2.38. The third-order valence-corrected chi connectivity index (χ3v) is 3.08. The molecular weight excluding hydrogens is 317 g/mol. The molecule has 0 saturated heterocycles. The van der Waals surface area contributed by atoms with Gasteiger partial charge in [0.25, 0.3) is 0 Å². The van der Waals surface area contributed by atoms with Gasteiger partial charge >= 0.3 is 17.8 Å². The van der Waals surface area contributed by atoms with Crippen LogP contribution in [0.4, 0.5) is 13.2 Å². The number of nitriles is 1. The van der Waals surface area contributed by atoms with Crippen molar-refractivity contribution in [1.29, 1.82) is 5.26 Å². The van der Waals surface area contributed by atoms with Crippen molar-refractivity contribution in [3.8, 4) is 6.07 Å². The molecule has 7 nitrogen and oxygen atoms in total. The van der Waals surface area contributed by atoms with E-state index >= 15 is 0 Å². The van der Waals surface area contributed by atoms with E-state index in [1.807, 2.05) is 0 Å². The van der Waals surface area contributed by atoms with Gasteiger partial charge in [-0.3, -0.25) is 4.57 Å². The van der Waals surface area contributed by atoms with E-state index < -0.39 is 30.2 Å². The quantitative estimate of drug-likeness (QED) is 0.914. The van der Waals surface area contributed by atoms with E-state index in [-0.39, 0.29) is 16.7 Å². The summed E-state index contributed by atoms with van der Waals surface area (Å²) in [6.07, 6.45) is -4.82. The third-order valence-electron chi connectivity index (χ3n) is 3.08. The second kappa shape index (κ2) is 5.60. The van der Waals surface area contributed by atoms with E-state index in [9.17, 15) is 22.8 Å². The van der Waals surface area contributed by atoms with Crippen molar-refractivity contribution < 1.29 is 23.1 Å². The van der Waals surface area contributed by atoms with Gasteiger partial charge in [-0.05, 0) is 23.8 Å². The zero-order valence-corrected chi connectivity index (χ0v) is 11.6. The van der Waals surface area contributed by atoms with E-state index in [1.165, 1.54) is 12.1 Å². The zero-order chi connectivity index (χ0) is 17.4. The Morgan fingerprint density at radius 3 is 2.57 bits per heavy atom. The lowest BCUT2D eigenvalue weighted by Crippen LogP contribution is -2.25. The number of aromatic nitrogens is 3. The van der Waals surface area contributed by atoms with Crippen LogP contribution < -0.4 is 5.69 Å². The summed E-state index contributed by atoms with van der Waals surface area (Å²) in [5.41, 5.74) is -1.15. The summed E-state index contributed by atoms with van der Waals surface area (Å²) >= 11 is 0. The van der Waals surface area contributed by atoms with Crippen LogP contribution in [0, 0.1) is 11.3 Å². The average molecular weight is 326 g/mol. The molecule has 0 aliphatic carbocycles. The highest BCUT2D eigenvalue weighted by atomic mass is 19.4. The number of hydrogen-bond donors (Lipinski definition) is 1. The van der Waals surface area contributed by atoms with Crippen molar-refractivity contribution in [1.82, 2.24) is 14.3 Å². The lowest BCUT2D eigenvalue weighted by atomic mass is 10.0. The largest absolute Gasteiger partial charge is 0.478 e. The molecule has 0 amide bonds. The average Bonchev–Trinajstić information content (AvgIpc) is 2.75. The summed E-state index contributed by atoms with van der Waals surface area (Å²) in [7, 11) is 0.915. The topological polar surface area (TPSA) is 101 Å². The molecule has 120 valence electrons. The molecule has 0 atom stereocenters. The summed E-state index contributed by atoms with van der Waals surface area (Å²) in [4.78, 5) is 23.0. The molecule has 0 saturated carbocycles. The van der Waals surface area contributed by atoms with Gasteiger partial charge in [0.15, 0.2) is 0 Å². The van der Waals surface area contributed by atoms with Gasteiger partial charge in [-0.15, -0.1) is 5.10 Å². The van der Waals surface area contributed by atoms with Crippen LogP contribution in [0.25, 0.3) is 0 Å². The number of carboxylic acid groups (broad SMARTS) is 1. The number of rotatable bonds is 3. The minimum absolute atomic E-state index is 0.00507. The Labute approximate surface area is 126 Å². The number of alkyl halides is 3. The number of carbonyl (C=O) groups is 1. The van der Waals surface area contributed by atoms with Crippen molar-refractivity contribution in [2.45, 2.75) is 12.7 Å². The summed E-state index contributed by atoms with van der Waals surface area (Å²) in [6.45, 7) is -0.500. The van der Waals surface area contributed by atoms with Gasteiger partial charge in [0.2, 0.25) is 5.82 Å². The van der Waals surface area contributed by atoms with Gasteiger partial charge in [-0.25, -0.2) is 14.3 Å². The van der Waals surface area contributed by atoms with Crippen molar-refractivity contribution in [2.75, 3.05) is 0 Å². The summed E-state index contributed by atoms with van der Waals surface area (Å²) in [5.74, 6) is -2.72. The number of benzene rings is 1. The van der Waals surface area contributed by atoms with Crippen LogP contribution in [0.3, 0.4) is 0 Å². The second-order valence-electron chi connectivity index (χ2n) is 4.61. The predicted octanol–water partition coefficient (Wildman–Crippen LogP) is 1.22. The van der Waals surface area contributed by atoms with E-state index in [0.717, 1.165) is 13.1 Å². The monoisotopic (exact) mass is 326 g/mol. The molecule has 1 aromatic heterocycles. The Balaban J connectivity index is 2.54. The molecule has 0 aliphatic heterocycles. The lowest BCUT2D eigenvalue weighted by Gasteiger charge is -2.06. The van der Waals surface area contributed by atoms with Crippen LogP contribution in [-0.4, -0.2) is 25.4 Å². The minimum atomic E-state index is -4.82. The van der Waals surface area contributed by atoms with E-state index in [2.05, 4.69) is 5.10 Å². The molecule has 0 aliphatic rings. The molecular formula is C13H9F3N4O3. The number of carboxylic acids is 1. The van der Waals surface area contributed by atoms with Gasteiger partial charge in [0, 0.05) is 7.05 Å². The molecule has 23 heavy (non-hydrogen) atoms. The van der Waals surface area contributed by atoms with Crippen LogP contribution in [0.1, 0.15) is 27.3 Å².